The zero-order valence-electron chi connectivity index (χ0n) is 11.6. The third-order valence-corrected chi connectivity index (χ3v) is 6.14. The topological polar surface area (TPSA) is 74.6 Å². The van der Waals surface area contributed by atoms with Gasteiger partial charge in [-0.25, -0.2) is 0 Å². The number of aromatic hydroxyl groups is 2. The van der Waals surface area contributed by atoms with Gasteiger partial charge in [0.2, 0.25) is 0 Å². The molecule has 0 aromatic heterocycles. The molecule has 0 radical (unpaired) electrons. The molecule has 110 valence electrons. The number of Topliss-reactive ketones (excluding diaryl/α,β-unsaturated/α-hetero) is 2. The van der Waals surface area contributed by atoms with Crippen molar-refractivity contribution in [1.82, 2.24) is 0 Å². The SMILES string of the molecule is CC1(C)CC(=O)C(=C2Sc3c(O)ccc(O)c3S2)C(=O)C1. The van der Waals surface area contributed by atoms with Crippen molar-refractivity contribution in [3.05, 3.63) is 21.9 Å². The number of phenolic OH excluding ortho intramolecular Hbond substituents is 2. The second-order valence-electron chi connectivity index (χ2n) is 5.99. The maximum absolute atomic E-state index is 12.3. The van der Waals surface area contributed by atoms with Crippen molar-refractivity contribution >= 4 is 35.1 Å². The monoisotopic (exact) mass is 322 g/mol. The van der Waals surface area contributed by atoms with Crippen molar-refractivity contribution in [3.8, 4) is 11.5 Å². The molecule has 1 heterocycles. The summed E-state index contributed by atoms with van der Waals surface area (Å²) >= 11 is 2.36. The van der Waals surface area contributed by atoms with E-state index in [1.165, 1.54) is 35.7 Å². The van der Waals surface area contributed by atoms with Crippen LogP contribution in [0, 0.1) is 5.41 Å². The van der Waals surface area contributed by atoms with E-state index in [9.17, 15) is 19.8 Å². The van der Waals surface area contributed by atoms with E-state index in [1.807, 2.05) is 13.8 Å². The Balaban J connectivity index is 2.03. The fraction of sp³-hybridized carbons (Fsp3) is 0.333. The van der Waals surface area contributed by atoms with Crippen LogP contribution >= 0.6 is 23.5 Å². The molecule has 1 aliphatic carbocycles. The molecule has 1 aromatic rings. The van der Waals surface area contributed by atoms with Gasteiger partial charge in [-0.2, -0.15) is 0 Å². The minimum atomic E-state index is -0.302. The number of phenols is 2. The fourth-order valence-corrected chi connectivity index (χ4v) is 5.23. The van der Waals surface area contributed by atoms with Crippen LogP contribution in [0.2, 0.25) is 0 Å². The van der Waals surface area contributed by atoms with Crippen LogP contribution in [0.15, 0.2) is 31.7 Å². The Morgan fingerprint density at radius 3 is 1.81 bits per heavy atom. The first kappa shape index (κ1) is 14.5. The quantitative estimate of drug-likeness (QED) is 0.433. The molecule has 0 bridgehead atoms. The lowest BCUT2D eigenvalue weighted by atomic mass is 9.74. The summed E-state index contributed by atoms with van der Waals surface area (Å²) in [7, 11) is 0. The molecule has 6 heteroatoms. The first-order valence-corrected chi connectivity index (χ1v) is 8.13. The lowest BCUT2D eigenvalue weighted by molar-refractivity contribution is -0.127. The minimum Gasteiger partial charge on any atom is -0.507 e. The number of thioether (sulfide) groups is 2. The summed E-state index contributed by atoms with van der Waals surface area (Å²) < 4.78 is 0.562. The molecule has 4 nitrogen and oxygen atoms in total. The zero-order chi connectivity index (χ0) is 15.4. The summed E-state index contributed by atoms with van der Waals surface area (Å²) in [6.45, 7) is 3.82. The molecule has 0 atom stereocenters. The maximum Gasteiger partial charge on any atom is 0.168 e. The predicted octanol–water partition coefficient (Wildman–Crippen LogP) is 3.47. The number of fused-ring (bicyclic) bond motifs is 1. The van der Waals surface area contributed by atoms with Gasteiger partial charge < -0.3 is 10.2 Å². The van der Waals surface area contributed by atoms with Gasteiger partial charge in [-0.3, -0.25) is 9.59 Å². The molecule has 2 N–H and O–H groups in total. The van der Waals surface area contributed by atoms with E-state index in [0.717, 1.165) is 0 Å². The Labute approximate surface area is 130 Å². The Hall–Kier alpha value is -1.40. The van der Waals surface area contributed by atoms with Gasteiger partial charge in [0.05, 0.1) is 19.6 Å². The van der Waals surface area contributed by atoms with Crippen LogP contribution in [-0.2, 0) is 9.59 Å². The first-order valence-electron chi connectivity index (χ1n) is 6.50. The highest BCUT2D eigenvalue weighted by Crippen LogP contribution is 2.59. The Morgan fingerprint density at radius 2 is 1.38 bits per heavy atom. The average molecular weight is 322 g/mol. The Morgan fingerprint density at radius 1 is 0.952 bits per heavy atom. The van der Waals surface area contributed by atoms with Gasteiger partial charge in [-0.1, -0.05) is 37.4 Å². The van der Waals surface area contributed by atoms with Gasteiger partial charge >= 0.3 is 0 Å². The van der Waals surface area contributed by atoms with Crippen LogP contribution in [0.1, 0.15) is 26.7 Å². The van der Waals surface area contributed by atoms with E-state index in [1.54, 1.807) is 0 Å². The van der Waals surface area contributed by atoms with Gasteiger partial charge in [0, 0.05) is 12.8 Å². The van der Waals surface area contributed by atoms with Crippen molar-refractivity contribution in [2.75, 3.05) is 0 Å². The van der Waals surface area contributed by atoms with Crippen LogP contribution < -0.4 is 0 Å². The van der Waals surface area contributed by atoms with E-state index >= 15 is 0 Å². The van der Waals surface area contributed by atoms with Crippen molar-refractivity contribution in [3.63, 3.8) is 0 Å². The van der Waals surface area contributed by atoms with Crippen molar-refractivity contribution < 1.29 is 19.8 Å². The van der Waals surface area contributed by atoms with Crippen LogP contribution in [0.4, 0.5) is 0 Å². The van der Waals surface area contributed by atoms with Crippen molar-refractivity contribution in [2.45, 2.75) is 36.5 Å². The number of hydrogen-bond acceptors (Lipinski definition) is 6. The summed E-state index contributed by atoms with van der Waals surface area (Å²) in [5.74, 6) is -0.213. The smallest absolute Gasteiger partial charge is 0.168 e. The van der Waals surface area contributed by atoms with Crippen molar-refractivity contribution in [2.24, 2.45) is 5.41 Å². The molecular weight excluding hydrogens is 308 g/mol. The fourth-order valence-electron chi connectivity index (χ4n) is 2.54. The molecule has 21 heavy (non-hydrogen) atoms. The molecule has 1 aliphatic heterocycles. The third kappa shape index (κ3) is 2.46. The second kappa shape index (κ2) is 4.81. The molecule has 3 rings (SSSR count). The largest absolute Gasteiger partial charge is 0.507 e. The molecule has 0 amide bonds. The molecule has 1 aromatic carbocycles. The Bertz CT molecular complexity index is 649. The molecule has 1 fully saturated rings. The highest BCUT2D eigenvalue weighted by molar-refractivity contribution is 8.25. The summed E-state index contributed by atoms with van der Waals surface area (Å²) in [5, 5.41) is 19.7. The van der Waals surface area contributed by atoms with E-state index in [2.05, 4.69) is 0 Å². The number of hydrogen-bond donors (Lipinski definition) is 2. The highest BCUT2D eigenvalue weighted by atomic mass is 32.2. The third-order valence-electron chi connectivity index (χ3n) is 3.50. The van der Waals surface area contributed by atoms with E-state index in [0.29, 0.717) is 26.9 Å². The highest BCUT2D eigenvalue weighted by Gasteiger charge is 2.39. The first-order chi connectivity index (χ1) is 9.78. The van der Waals surface area contributed by atoms with E-state index in [-0.39, 0.29) is 34.1 Å². The molecular formula is C15H14O4S2. The number of carbonyl (C=O) groups is 2. The molecule has 0 spiro atoms. The molecule has 0 saturated heterocycles. The summed E-state index contributed by atoms with van der Waals surface area (Å²) in [6.07, 6.45) is 0.681. The van der Waals surface area contributed by atoms with Gasteiger partial charge in [-0.15, -0.1) is 0 Å². The standard InChI is InChI=1S/C15H14O4S2/c1-15(2)5-9(18)11(10(19)6-15)14-20-12-7(16)3-4-8(17)13(12)21-14/h3-4,16-17H,5-6H2,1-2H3. The number of ketones is 2. The van der Waals surface area contributed by atoms with E-state index in [4.69, 9.17) is 0 Å². The number of allylic oxidation sites excluding steroid dienone is 1. The average Bonchev–Trinajstić information content (AvgIpc) is 2.77. The normalized spacial score (nSPS) is 20.9. The van der Waals surface area contributed by atoms with Gasteiger partial charge in [0.15, 0.2) is 11.6 Å². The van der Waals surface area contributed by atoms with Gasteiger partial charge in [0.25, 0.3) is 0 Å². The summed E-state index contributed by atoms with van der Waals surface area (Å²) in [5.41, 5.74) is -0.0807. The number of benzene rings is 1. The predicted molar refractivity (Wildman–Crippen MR) is 81.5 cm³/mol. The number of rotatable bonds is 0. The van der Waals surface area contributed by atoms with Crippen LogP contribution in [0.5, 0.6) is 11.5 Å². The lowest BCUT2D eigenvalue weighted by Crippen LogP contribution is -2.31. The summed E-state index contributed by atoms with van der Waals surface area (Å²) in [6, 6.07) is 2.81. The molecule has 0 unspecified atom stereocenters. The molecule has 1 saturated carbocycles. The van der Waals surface area contributed by atoms with Gasteiger partial charge in [0.1, 0.15) is 11.5 Å². The van der Waals surface area contributed by atoms with Crippen LogP contribution in [0.3, 0.4) is 0 Å². The Kier molecular flexibility index (Phi) is 3.33. The number of carbonyl (C=O) groups excluding carboxylic acids is 2. The van der Waals surface area contributed by atoms with Gasteiger partial charge in [-0.05, 0) is 17.5 Å². The lowest BCUT2D eigenvalue weighted by Gasteiger charge is -2.28. The summed E-state index contributed by atoms with van der Waals surface area (Å²) in [4.78, 5) is 25.6. The second-order valence-corrected chi connectivity index (χ2v) is 8.29. The van der Waals surface area contributed by atoms with Crippen LogP contribution in [0.25, 0.3) is 0 Å². The zero-order valence-corrected chi connectivity index (χ0v) is 13.2. The van der Waals surface area contributed by atoms with Crippen molar-refractivity contribution in [1.29, 1.82) is 0 Å². The van der Waals surface area contributed by atoms with E-state index < -0.39 is 0 Å². The van der Waals surface area contributed by atoms with Crippen LogP contribution in [-0.4, -0.2) is 21.8 Å². The molecule has 2 aliphatic rings. The minimum absolute atomic E-state index is 0.0481. The maximum atomic E-state index is 12.3.